The molecular weight excluding hydrogens is 243 g/mol. The Morgan fingerprint density at radius 3 is 2.65 bits per heavy atom. The molecule has 17 heavy (non-hydrogen) atoms. The average Bonchev–Trinajstić information content (AvgIpc) is 2.34. The monoisotopic (exact) mass is 252 g/mol. The molecular formula is C11H10ClFN4. The van der Waals surface area contributed by atoms with Gasteiger partial charge < -0.3 is 10.7 Å². The van der Waals surface area contributed by atoms with Crippen molar-refractivity contribution >= 4 is 28.9 Å². The molecule has 0 bridgehead atoms. The number of aromatic nitrogens is 1. The Morgan fingerprint density at radius 1 is 1.18 bits per heavy atom. The van der Waals surface area contributed by atoms with Gasteiger partial charge in [-0.3, -0.25) is 0 Å². The molecule has 0 spiro atoms. The predicted octanol–water partition coefficient (Wildman–Crippen LogP) is 2.90. The summed E-state index contributed by atoms with van der Waals surface area (Å²) in [5.74, 6) is 5.83. The fourth-order valence-electron chi connectivity index (χ4n) is 1.31. The Labute approximate surface area is 103 Å². The van der Waals surface area contributed by atoms with Gasteiger partial charge in [0, 0.05) is 5.69 Å². The fourth-order valence-corrected chi connectivity index (χ4v) is 1.42. The van der Waals surface area contributed by atoms with Crippen LogP contribution in [0.1, 0.15) is 0 Å². The van der Waals surface area contributed by atoms with Crippen LogP contribution in [0.2, 0.25) is 5.02 Å². The number of hydrogen-bond donors (Lipinski definition) is 3. The van der Waals surface area contributed by atoms with Crippen molar-refractivity contribution in [3.8, 4) is 0 Å². The van der Waals surface area contributed by atoms with Gasteiger partial charge in [0.1, 0.15) is 17.5 Å². The molecule has 0 aliphatic carbocycles. The van der Waals surface area contributed by atoms with Gasteiger partial charge in [0.15, 0.2) is 0 Å². The number of rotatable bonds is 3. The van der Waals surface area contributed by atoms with Crippen LogP contribution in [-0.4, -0.2) is 4.98 Å². The van der Waals surface area contributed by atoms with E-state index < -0.39 is 5.82 Å². The summed E-state index contributed by atoms with van der Waals surface area (Å²) >= 11 is 5.59. The number of nitrogens with zero attached hydrogens (tertiary/aromatic N) is 1. The molecule has 4 N–H and O–H groups in total. The number of hydrazine groups is 1. The Bertz CT molecular complexity index is 533. The lowest BCUT2D eigenvalue weighted by atomic mass is 10.3. The van der Waals surface area contributed by atoms with Gasteiger partial charge in [-0.2, -0.15) is 0 Å². The lowest BCUT2D eigenvalue weighted by Gasteiger charge is -2.07. The van der Waals surface area contributed by atoms with Crippen LogP contribution in [0, 0.1) is 5.82 Å². The van der Waals surface area contributed by atoms with Gasteiger partial charge in [0.05, 0.1) is 5.02 Å². The van der Waals surface area contributed by atoms with Gasteiger partial charge in [-0.25, -0.2) is 15.2 Å². The minimum Gasteiger partial charge on any atom is -0.340 e. The summed E-state index contributed by atoms with van der Waals surface area (Å²) in [6.07, 6.45) is 0. The number of nitrogens with two attached hydrogens (primary N) is 1. The molecule has 0 saturated heterocycles. The van der Waals surface area contributed by atoms with Crippen molar-refractivity contribution in [1.29, 1.82) is 0 Å². The molecule has 0 saturated carbocycles. The zero-order valence-electron chi connectivity index (χ0n) is 8.74. The van der Waals surface area contributed by atoms with E-state index in [1.165, 1.54) is 12.1 Å². The number of nitrogen functional groups attached to an aromatic ring is 1. The van der Waals surface area contributed by atoms with Crippen LogP contribution in [0.25, 0.3) is 0 Å². The van der Waals surface area contributed by atoms with Crippen LogP contribution in [0.15, 0.2) is 36.4 Å². The van der Waals surface area contributed by atoms with Gasteiger partial charge in [0.2, 0.25) is 0 Å². The molecule has 4 nitrogen and oxygen atoms in total. The molecule has 6 heteroatoms. The maximum absolute atomic E-state index is 13.2. The molecule has 2 aromatic rings. The Balaban J connectivity index is 2.22. The highest BCUT2D eigenvalue weighted by atomic mass is 35.5. The molecule has 1 heterocycles. The molecule has 1 aromatic heterocycles. The SMILES string of the molecule is NNc1cccc(Nc2ccc(Cl)c(F)c2)n1. The lowest BCUT2D eigenvalue weighted by Crippen LogP contribution is -2.08. The van der Waals surface area contributed by atoms with E-state index in [1.54, 1.807) is 24.3 Å². The van der Waals surface area contributed by atoms with Crippen LogP contribution >= 0.6 is 11.6 Å². The number of nitrogens with one attached hydrogen (secondary N) is 2. The highest BCUT2D eigenvalue weighted by Crippen LogP contribution is 2.21. The second kappa shape index (κ2) is 4.99. The van der Waals surface area contributed by atoms with Crippen molar-refractivity contribution in [3.63, 3.8) is 0 Å². The highest BCUT2D eigenvalue weighted by Gasteiger charge is 2.02. The maximum Gasteiger partial charge on any atom is 0.143 e. The van der Waals surface area contributed by atoms with E-state index in [0.29, 0.717) is 17.3 Å². The molecule has 0 amide bonds. The maximum atomic E-state index is 13.2. The summed E-state index contributed by atoms with van der Waals surface area (Å²) in [5.41, 5.74) is 2.99. The summed E-state index contributed by atoms with van der Waals surface area (Å²) in [7, 11) is 0. The molecule has 0 radical (unpaired) electrons. The minimum atomic E-state index is -0.482. The first-order chi connectivity index (χ1) is 8.19. The summed E-state index contributed by atoms with van der Waals surface area (Å²) in [6, 6.07) is 9.67. The van der Waals surface area contributed by atoms with E-state index in [0.717, 1.165) is 0 Å². The van der Waals surface area contributed by atoms with Crippen molar-refractivity contribution < 1.29 is 4.39 Å². The standard InChI is InChI=1S/C11H10ClFN4/c12-8-5-4-7(6-9(8)13)15-10-2-1-3-11(16-10)17-14/h1-6H,14H2,(H2,15,16,17). The van der Waals surface area contributed by atoms with Crippen molar-refractivity contribution in [3.05, 3.63) is 47.2 Å². The quantitative estimate of drug-likeness (QED) is 0.581. The smallest absolute Gasteiger partial charge is 0.143 e. The van der Waals surface area contributed by atoms with Crippen molar-refractivity contribution in [2.75, 3.05) is 10.7 Å². The van der Waals surface area contributed by atoms with Crippen LogP contribution in [-0.2, 0) is 0 Å². The van der Waals surface area contributed by atoms with Gasteiger partial charge in [-0.05, 0) is 30.3 Å². The molecule has 0 unspecified atom stereocenters. The Kier molecular flexibility index (Phi) is 3.41. The van der Waals surface area contributed by atoms with Crippen LogP contribution in [0.5, 0.6) is 0 Å². The van der Waals surface area contributed by atoms with Gasteiger partial charge in [-0.15, -0.1) is 0 Å². The number of pyridine rings is 1. The molecule has 0 atom stereocenters. The first-order valence-corrected chi connectivity index (χ1v) is 5.22. The van der Waals surface area contributed by atoms with Crippen LogP contribution in [0.3, 0.4) is 0 Å². The number of halogens is 2. The van der Waals surface area contributed by atoms with E-state index in [4.69, 9.17) is 17.4 Å². The van der Waals surface area contributed by atoms with Crippen LogP contribution < -0.4 is 16.6 Å². The molecule has 88 valence electrons. The third kappa shape index (κ3) is 2.83. The fraction of sp³-hybridized carbons (Fsp3) is 0. The van der Waals surface area contributed by atoms with Crippen molar-refractivity contribution in [2.45, 2.75) is 0 Å². The van der Waals surface area contributed by atoms with E-state index in [-0.39, 0.29) is 5.02 Å². The molecule has 1 aromatic carbocycles. The number of benzene rings is 1. The second-order valence-electron chi connectivity index (χ2n) is 3.31. The zero-order chi connectivity index (χ0) is 12.3. The van der Waals surface area contributed by atoms with E-state index >= 15 is 0 Å². The summed E-state index contributed by atoms with van der Waals surface area (Å²) < 4.78 is 13.2. The Morgan fingerprint density at radius 2 is 1.94 bits per heavy atom. The largest absolute Gasteiger partial charge is 0.340 e. The van der Waals surface area contributed by atoms with Gasteiger partial charge in [-0.1, -0.05) is 17.7 Å². The van der Waals surface area contributed by atoms with Gasteiger partial charge in [0.25, 0.3) is 0 Å². The minimum absolute atomic E-state index is 0.0842. The summed E-state index contributed by atoms with van der Waals surface area (Å²) in [5, 5.41) is 3.03. The normalized spacial score (nSPS) is 10.1. The third-order valence-electron chi connectivity index (χ3n) is 2.09. The molecule has 0 aliphatic rings. The third-order valence-corrected chi connectivity index (χ3v) is 2.40. The van der Waals surface area contributed by atoms with Crippen molar-refractivity contribution in [1.82, 2.24) is 4.98 Å². The summed E-state index contributed by atoms with van der Waals surface area (Å²) in [6.45, 7) is 0. The van der Waals surface area contributed by atoms with Crippen molar-refractivity contribution in [2.24, 2.45) is 5.84 Å². The average molecular weight is 253 g/mol. The molecule has 0 fully saturated rings. The highest BCUT2D eigenvalue weighted by molar-refractivity contribution is 6.30. The first-order valence-electron chi connectivity index (χ1n) is 4.85. The van der Waals surface area contributed by atoms with Gasteiger partial charge >= 0.3 is 0 Å². The van der Waals surface area contributed by atoms with E-state index in [2.05, 4.69) is 15.7 Å². The predicted molar refractivity (Wildman–Crippen MR) is 66.7 cm³/mol. The molecule has 2 rings (SSSR count). The number of anilines is 3. The number of hydrogen-bond acceptors (Lipinski definition) is 4. The summed E-state index contributed by atoms with van der Waals surface area (Å²) in [4.78, 5) is 4.14. The lowest BCUT2D eigenvalue weighted by molar-refractivity contribution is 0.629. The second-order valence-corrected chi connectivity index (χ2v) is 3.71. The topological polar surface area (TPSA) is 63.0 Å². The van der Waals surface area contributed by atoms with E-state index in [1.807, 2.05) is 0 Å². The van der Waals surface area contributed by atoms with E-state index in [9.17, 15) is 4.39 Å². The zero-order valence-corrected chi connectivity index (χ0v) is 9.50. The molecule has 0 aliphatic heterocycles. The van der Waals surface area contributed by atoms with Crippen LogP contribution in [0.4, 0.5) is 21.7 Å². The first kappa shape index (κ1) is 11.6. The Hall–Kier alpha value is -1.85.